The Labute approximate surface area is 100 Å². The Hall–Kier alpha value is -1.20. The molecule has 1 aromatic heterocycles. The minimum atomic E-state index is -0.147. The summed E-state index contributed by atoms with van der Waals surface area (Å²) in [5.41, 5.74) is 0.311. The Kier molecular flexibility index (Phi) is 4.64. The summed E-state index contributed by atoms with van der Waals surface area (Å²) in [6.45, 7) is 1.46. The standard InChI is InChI=1S/C10H15ClN4O/c1-14(2)4-5-15(3)10(16)8-6-13-9(11)7-12-8/h6-7H,4-5H2,1-3H3. The summed E-state index contributed by atoms with van der Waals surface area (Å²) in [5.74, 6) is -0.147. The van der Waals surface area contributed by atoms with Gasteiger partial charge in [-0.15, -0.1) is 0 Å². The van der Waals surface area contributed by atoms with E-state index in [0.29, 0.717) is 12.2 Å². The number of amides is 1. The molecular formula is C10H15ClN4O. The van der Waals surface area contributed by atoms with E-state index < -0.39 is 0 Å². The Balaban J connectivity index is 2.60. The maximum atomic E-state index is 11.8. The van der Waals surface area contributed by atoms with E-state index in [1.807, 2.05) is 19.0 Å². The molecule has 0 aliphatic rings. The molecule has 88 valence electrons. The molecule has 1 rings (SSSR count). The van der Waals surface area contributed by atoms with Gasteiger partial charge in [0.1, 0.15) is 10.8 Å². The second kappa shape index (κ2) is 5.77. The predicted octanol–water partition coefficient (Wildman–Crippen LogP) is 0.764. The lowest BCUT2D eigenvalue weighted by Gasteiger charge is -2.18. The molecule has 5 nitrogen and oxygen atoms in total. The third kappa shape index (κ3) is 3.75. The molecule has 0 radical (unpaired) electrons. The van der Waals surface area contributed by atoms with E-state index in [1.165, 1.54) is 12.4 Å². The van der Waals surface area contributed by atoms with Crippen LogP contribution >= 0.6 is 11.6 Å². The van der Waals surface area contributed by atoms with Gasteiger partial charge in [0, 0.05) is 20.1 Å². The Morgan fingerprint density at radius 3 is 2.44 bits per heavy atom. The van der Waals surface area contributed by atoms with Gasteiger partial charge in [0.2, 0.25) is 0 Å². The average Bonchev–Trinajstić information content (AvgIpc) is 2.26. The van der Waals surface area contributed by atoms with Crippen molar-refractivity contribution < 1.29 is 4.79 Å². The van der Waals surface area contributed by atoms with E-state index in [9.17, 15) is 4.79 Å². The number of likely N-dealkylation sites (N-methyl/N-ethyl adjacent to an activating group) is 2. The first-order chi connectivity index (χ1) is 7.50. The zero-order chi connectivity index (χ0) is 12.1. The monoisotopic (exact) mass is 242 g/mol. The summed E-state index contributed by atoms with van der Waals surface area (Å²) in [6.07, 6.45) is 2.76. The van der Waals surface area contributed by atoms with Crippen LogP contribution in [0.3, 0.4) is 0 Å². The average molecular weight is 243 g/mol. The van der Waals surface area contributed by atoms with Crippen LogP contribution in [0.15, 0.2) is 12.4 Å². The molecule has 1 aromatic rings. The minimum Gasteiger partial charge on any atom is -0.339 e. The highest BCUT2D eigenvalue weighted by atomic mass is 35.5. The highest BCUT2D eigenvalue weighted by Gasteiger charge is 2.13. The number of nitrogens with zero attached hydrogens (tertiary/aromatic N) is 4. The van der Waals surface area contributed by atoms with Crippen LogP contribution in [0.2, 0.25) is 5.15 Å². The van der Waals surface area contributed by atoms with E-state index in [0.717, 1.165) is 6.54 Å². The maximum absolute atomic E-state index is 11.8. The summed E-state index contributed by atoms with van der Waals surface area (Å²) in [4.78, 5) is 23.2. The van der Waals surface area contributed by atoms with Crippen molar-refractivity contribution in [2.75, 3.05) is 34.2 Å². The summed E-state index contributed by atoms with van der Waals surface area (Å²) >= 11 is 5.59. The first-order valence-electron chi connectivity index (χ1n) is 4.88. The number of hydrogen-bond acceptors (Lipinski definition) is 4. The van der Waals surface area contributed by atoms with E-state index in [2.05, 4.69) is 9.97 Å². The lowest BCUT2D eigenvalue weighted by Crippen LogP contribution is -2.33. The van der Waals surface area contributed by atoms with E-state index in [4.69, 9.17) is 11.6 Å². The van der Waals surface area contributed by atoms with E-state index >= 15 is 0 Å². The second-order valence-corrected chi connectivity index (χ2v) is 4.14. The largest absolute Gasteiger partial charge is 0.339 e. The second-order valence-electron chi connectivity index (χ2n) is 3.75. The van der Waals surface area contributed by atoms with Crippen LogP contribution in [-0.4, -0.2) is 59.9 Å². The molecule has 0 saturated heterocycles. The molecular weight excluding hydrogens is 228 g/mol. The summed E-state index contributed by atoms with van der Waals surface area (Å²) in [7, 11) is 5.66. The van der Waals surface area contributed by atoms with Gasteiger partial charge >= 0.3 is 0 Å². The van der Waals surface area contributed by atoms with Crippen LogP contribution in [0.5, 0.6) is 0 Å². The molecule has 0 bridgehead atoms. The zero-order valence-corrected chi connectivity index (χ0v) is 10.4. The molecule has 0 aromatic carbocycles. The Morgan fingerprint density at radius 2 is 1.94 bits per heavy atom. The van der Waals surface area contributed by atoms with Gasteiger partial charge < -0.3 is 9.80 Å². The number of rotatable bonds is 4. The first-order valence-corrected chi connectivity index (χ1v) is 5.26. The SMILES string of the molecule is CN(C)CCN(C)C(=O)c1cnc(Cl)cn1. The van der Waals surface area contributed by atoms with Crippen LogP contribution in [0.25, 0.3) is 0 Å². The van der Waals surface area contributed by atoms with Crippen LogP contribution in [0, 0.1) is 0 Å². The van der Waals surface area contributed by atoms with Crippen LogP contribution in [-0.2, 0) is 0 Å². The van der Waals surface area contributed by atoms with Crippen molar-refractivity contribution in [3.63, 3.8) is 0 Å². The van der Waals surface area contributed by atoms with Gasteiger partial charge in [-0.1, -0.05) is 11.6 Å². The highest BCUT2D eigenvalue weighted by Crippen LogP contribution is 2.03. The molecule has 0 aliphatic carbocycles. The number of carbonyl (C=O) groups excluding carboxylic acids is 1. The fraction of sp³-hybridized carbons (Fsp3) is 0.500. The Morgan fingerprint density at radius 1 is 1.25 bits per heavy atom. The summed E-state index contributed by atoms with van der Waals surface area (Å²) in [5, 5.41) is 0.285. The molecule has 1 amide bonds. The number of carbonyl (C=O) groups is 1. The van der Waals surface area contributed by atoms with Gasteiger partial charge in [-0.25, -0.2) is 9.97 Å². The third-order valence-corrected chi connectivity index (χ3v) is 2.26. The summed E-state index contributed by atoms with van der Waals surface area (Å²) in [6, 6.07) is 0. The van der Waals surface area contributed by atoms with Crippen molar-refractivity contribution in [3.05, 3.63) is 23.2 Å². The number of hydrogen-bond donors (Lipinski definition) is 0. The quantitative estimate of drug-likeness (QED) is 0.783. The lowest BCUT2D eigenvalue weighted by atomic mass is 10.4. The van der Waals surface area contributed by atoms with Crippen molar-refractivity contribution in [3.8, 4) is 0 Å². The summed E-state index contributed by atoms with van der Waals surface area (Å²) < 4.78 is 0. The normalized spacial score (nSPS) is 10.6. The smallest absolute Gasteiger partial charge is 0.273 e. The van der Waals surface area contributed by atoms with Crippen LogP contribution in [0.4, 0.5) is 0 Å². The molecule has 0 aliphatic heterocycles. The lowest BCUT2D eigenvalue weighted by molar-refractivity contribution is 0.0780. The van der Waals surface area contributed by atoms with Crippen LogP contribution in [0.1, 0.15) is 10.5 Å². The first kappa shape index (κ1) is 12.9. The van der Waals surface area contributed by atoms with Gasteiger partial charge in [0.15, 0.2) is 0 Å². The fourth-order valence-electron chi connectivity index (χ4n) is 1.07. The minimum absolute atomic E-state index is 0.147. The van der Waals surface area contributed by atoms with Crippen molar-refractivity contribution in [2.24, 2.45) is 0 Å². The molecule has 0 spiro atoms. The van der Waals surface area contributed by atoms with Crippen LogP contribution < -0.4 is 0 Å². The molecule has 1 heterocycles. The van der Waals surface area contributed by atoms with Gasteiger partial charge in [0.25, 0.3) is 5.91 Å². The molecule has 0 fully saturated rings. The third-order valence-electron chi connectivity index (χ3n) is 2.07. The van der Waals surface area contributed by atoms with Crippen molar-refractivity contribution in [1.82, 2.24) is 19.8 Å². The Bertz CT molecular complexity index is 352. The maximum Gasteiger partial charge on any atom is 0.273 e. The van der Waals surface area contributed by atoms with Crippen molar-refractivity contribution in [1.29, 1.82) is 0 Å². The van der Waals surface area contributed by atoms with Gasteiger partial charge in [0.05, 0.1) is 12.4 Å². The van der Waals surface area contributed by atoms with Gasteiger partial charge in [-0.3, -0.25) is 4.79 Å². The highest BCUT2D eigenvalue weighted by molar-refractivity contribution is 6.29. The number of aromatic nitrogens is 2. The van der Waals surface area contributed by atoms with E-state index in [1.54, 1.807) is 11.9 Å². The number of halogens is 1. The molecule has 0 N–H and O–H groups in total. The topological polar surface area (TPSA) is 49.3 Å². The van der Waals surface area contributed by atoms with Crippen molar-refractivity contribution >= 4 is 17.5 Å². The predicted molar refractivity (Wildman–Crippen MR) is 62.6 cm³/mol. The molecule has 0 unspecified atom stereocenters. The van der Waals surface area contributed by atoms with Gasteiger partial charge in [-0.2, -0.15) is 0 Å². The zero-order valence-electron chi connectivity index (χ0n) is 9.64. The van der Waals surface area contributed by atoms with Gasteiger partial charge in [-0.05, 0) is 14.1 Å². The molecule has 0 saturated carbocycles. The molecule has 6 heteroatoms. The molecule has 0 atom stereocenters. The van der Waals surface area contributed by atoms with Crippen molar-refractivity contribution in [2.45, 2.75) is 0 Å². The molecule has 16 heavy (non-hydrogen) atoms. The fourth-order valence-corrected chi connectivity index (χ4v) is 1.17. The van der Waals surface area contributed by atoms with E-state index in [-0.39, 0.29) is 11.1 Å².